The lowest BCUT2D eigenvalue weighted by atomic mass is 10.1. The molecule has 0 radical (unpaired) electrons. The molecule has 1 aromatic carbocycles. The number of carbonyl (C=O) groups is 1. The lowest BCUT2D eigenvalue weighted by Gasteiger charge is -2.24. The quantitative estimate of drug-likeness (QED) is 0.902. The Hall–Kier alpha value is -1.46. The average Bonchev–Trinajstić information content (AvgIpc) is 2.88. The topological polar surface area (TPSA) is 55.6 Å². The van der Waals surface area contributed by atoms with E-state index in [2.05, 4.69) is 0 Å². The molecule has 0 aromatic heterocycles. The van der Waals surface area contributed by atoms with Gasteiger partial charge in [0.05, 0.1) is 6.10 Å². The fourth-order valence-corrected chi connectivity index (χ4v) is 2.34. The fourth-order valence-electron chi connectivity index (χ4n) is 2.34. The molecular formula is C14H19FN2O2. The number of ether oxygens (including phenoxy) is 1. The van der Waals surface area contributed by atoms with Crippen LogP contribution in [0, 0.1) is 5.82 Å². The van der Waals surface area contributed by atoms with E-state index in [1.165, 1.54) is 12.1 Å². The van der Waals surface area contributed by atoms with Crippen molar-refractivity contribution in [1.82, 2.24) is 0 Å². The molecular weight excluding hydrogens is 247 g/mol. The van der Waals surface area contributed by atoms with Crippen LogP contribution in [0.1, 0.15) is 19.8 Å². The summed E-state index contributed by atoms with van der Waals surface area (Å²) in [6, 6.07) is 6.04. The number of benzene rings is 1. The Balaban J connectivity index is 2.12. The van der Waals surface area contributed by atoms with Gasteiger partial charge in [-0.15, -0.1) is 0 Å². The highest BCUT2D eigenvalue weighted by Crippen LogP contribution is 2.24. The first-order chi connectivity index (χ1) is 9.15. The molecule has 2 atom stereocenters. The molecule has 0 bridgehead atoms. The van der Waals surface area contributed by atoms with Gasteiger partial charge in [-0.05, 0) is 38.0 Å². The summed E-state index contributed by atoms with van der Waals surface area (Å²) < 4.78 is 18.8. The van der Waals surface area contributed by atoms with Gasteiger partial charge in [-0.2, -0.15) is 0 Å². The predicted molar refractivity (Wildman–Crippen MR) is 71.4 cm³/mol. The van der Waals surface area contributed by atoms with Crippen molar-refractivity contribution in [3.63, 3.8) is 0 Å². The first-order valence-electron chi connectivity index (χ1n) is 6.58. The van der Waals surface area contributed by atoms with Gasteiger partial charge in [0.1, 0.15) is 11.9 Å². The van der Waals surface area contributed by atoms with Gasteiger partial charge >= 0.3 is 0 Å². The van der Waals surface area contributed by atoms with E-state index in [1.807, 2.05) is 6.92 Å². The first kappa shape index (κ1) is 14.0. The minimum atomic E-state index is -0.461. The van der Waals surface area contributed by atoms with Gasteiger partial charge < -0.3 is 15.4 Å². The second kappa shape index (κ2) is 6.12. The number of rotatable bonds is 4. The molecule has 1 fully saturated rings. The van der Waals surface area contributed by atoms with Crippen molar-refractivity contribution in [3.05, 3.63) is 30.1 Å². The smallest absolute Gasteiger partial charge is 0.256 e. The van der Waals surface area contributed by atoms with Crippen LogP contribution in [0.3, 0.4) is 0 Å². The maximum atomic E-state index is 13.2. The van der Waals surface area contributed by atoms with Gasteiger partial charge in [-0.3, -0.25) is 4.79 Å². The van der Waals surface area contributed by atoms with Gasteiger partial charge in [-0.25, -0.2) is 4.39 Å². The molecule has 19 heavy (non-hydrogen) atoms. The van der Waals surface area contributed by atoms with Crippen LogP contribution in [0.25, 0.3) is 0 Å². The molecule has 1 aromatic rings. The molecule has 1 saturated heterocycles. The van der Waals surface area contributed by atoms with Crippen molar-refractivity contribution in [3.8, 4) is 0 Å². The number of halogens is 1. The standard InChI is InChI=1S/C14H19FN2O2/c1-2-17(11-5-3-4-10(15)8-11)14(18)13-7-6-12(9-16)19-13/h3-5,8,12-13H,2,6-7,9,16H2,1H3. The maximum Gasteiger partial charge on any atom is 0.256 e. The number of anilines is 1. The van der Waals surface area contributed by atoms with Crippen LogP contribution in [0.5, 0.6) is 0 Å². The molecule has 5 heteroatoms. The first-order valence-corrected chi connectivity index (χ1v) is 6.58. The number of hydrogen-bond donors (Lipinski definition) is 1. The van der Waals surface area contributed by atoms with Crippen molar-refractivity contribution in [2.45, 2.75) is 32.0 Å². The van der Waals surface area contributed by atoms with Gasteiger partial charge in [0.15, 0.2) is 0 Å². The molecule has 2 rings (SSSR count). The lowest BCUT2D eigenvalue weighted by Crippen LogP contribution is -2.39. The summed E-state index contributed by atoms with van der Waals surface area (Å²) >= 11 is 0. The van der Waals surface area contributed by atoms with Gasteiger partial charge in [0.25, 0.3) is 5.91 Å². The Labute approximate surface area is 112 Å². The van der Waals surface area contributed by atoms with Crippen LogP contribution in [0.4, 0.5) is 10.1 Å². The third-order valence-corrected chi connectivity index (χ3v) is 3.35. The minimum Gasteiger partial charge on any atom is -0.364 e. The molecule has 4 nitrogen and oxygen atoms in total. The SMILES string of the molecule is CCN(C(=O)C1CCC(CN)O1)c1cccc(F)c1. The zero-order chi connectivity index (χ0) is 13.8. The Bertz CT molecular complexity index is 453. The minimum absolute atomic E-state index is 0.0415. The summed E-state index contributed by atoms with van der Waals surface area (Å²) in [6.45, 7) is 2.77. The van der Waals surface area contributed by atoms with Crippen molar-refractivity contribution < 1.29 is 13.9 Å². The van der Waals surface area contributed by atoms with E-state index in [-0.39, 0.29) is 17.8 Å². The summed E-state index contributed by atoms with van der Waals surface area (Å²) in [5, 5.41) is 0. The molecule has 2 N–H and O–H groups in total. The van der Waals surface area contributed by atoms with E-state index < -0.39 is 6.10 Å². The number of nitrogens with zero attached hydrogens (tertiary/aromatic N) is 1. The van der Waals surface area contributed by atoms with E-state index in [0.717, 1.165) is 6.42 Å². The van der Waals surface area contributed by atoms with Crippen LogP contribution in [0.2, 0.25) is 0 Å². The number of amides is 1. The Morgan fingerprint density at radius 2 is 2.32 bits per heavy atom. The van der Waals surface area contributed by atoms with Gasteiger partial charge in [0, 0.05) is 18.8 Å². The van der Waals surface area contributed by atoms with Crippen LogP contribution >= 0.6 is 0 Å². The van der Waals surface area contributed by atoms with Crippen LogP contribution in [0.15, 0.2) is 24.3 Å². The normalized spacial score (nSPS) is 22.5. The zero-order valence-corrected chi connectivity index (χ0v) is 11.0. The fraction of sp³-hybridized carbons (Fsp3) is 0.500. The number of nitrogens with two attached hydrogens (primary N) is 1. The van der Waals surface area contributed by atoms with Crippen molar-refractivity contribution in [1.29, 1.82) is 0 Å². The monoisotopic (exact) mass is 266 g/mol. The summed E-state index contributed by atoms with van der Waals surface area (Å²) in [5.74, 6) is -0.472. The van der Waals surface area contributed by atoms with Crippen LogP contribution in [-0.2, 0) is 9.53 Å². The lowest BCUT2D eigenvalue weighted by molar-refractivity contribution is -0.129. The summed E-state index contributed by atoms with van der Waals surface area (Å²) in [4.78, 5) is 13.9. The zero-order valence-electron chi connectivity index (χ0n) is 11.0. The molecule has 1 amide bonds. The number of hydrogen-bond acceptors (Lipinski definition) is 3. The summed E-state index contributed by atoms with van der Waals surface area (Å²) in [5.41, 5.74) is 6.10. The summed E-state index contributed by atoms with van der Waals surface area (Å²) in [7, 11) is 0. The third kappa shape index (κ3) is 3.11. The van der Waals surface area contributed by atoms with E-state index in [9.17, 15) is 9.18 Å². The van der Waals surface area contributed by atoms with Gasteiger partial charge in [-0.1, -0.05) is 6.07 Å². The van der Waals surface area contributed by atoms with E-state index >= 15 is 0 Å². The molecule has 104 valence electrons. The van der Waals surface area contributed by atoms with Crippen LogP contribution < -0.4 is 10.6 Å². The van der Waals surface area contributed by atoms with E-state index in [4.69, 9.17) is 10.5 Å². The predicted octanol–water partition coefficient (Wildman–Crippen LogP) is 1.68. The molecule has 1 heterocycles. The summed E-state index contributed by atoms with van der Waals surface area (Å²) in [6.07, 6.45) is 0.970. The van der Waals surface area contributed by atoms with Crippen molar-refractivity contribution in [2.24, 2.45) is 5.73 Å². The van der Waals surface area contributed by atoms with Crippen molar-refractivity contribution in [2.75, 3.05) is 18.0 Å². The van der Waals surface area contributed by atoms with Crippen molar-refractivity contribution >= 4 is 11.6 Å². The molecule has 0 spiro atoms. The number of carbonyl (C=O) groups excluding carboxylic acids is 1. The molecule has 2 unspecified atom stereocenters. The average molecular weight is 266 g/mol. The van der Waals surface area contributed by atoms with Gasteiger partial charge in [0.2, 0.25) is 0 Å². The second-order valence-electron chi connectivity index (χ2n) is 4.62. The Morgan fingerprint density at radius 3 is 2.89 bits per heavy atom. The molecule has 1 aliphatic rings. The second-order valence-corrected chi connectivity index (χ2v) is 4.62. The van der Waals surface area contributed by atoms with E-state index in [0.29, 0.717) is 25.2 Å². The Morgan fingerprint density at radius 1 is 1.53 bits per heavy atom. The van der Waals surface area contributed by atoms with Crippen LogP contribution in [-0.4, -0.2) is 31.2 Å². The highest BCUT2D eigenvalue weighted by Gasteiger charge is 2.32. The highest BCUT2D eigenvalue weighted by molar-refractivity contribution is 5.96. The molecule has 0 aliphatic carbocycles. The highest BCUT2D eigenvalue weighted by atomic mass is 19.1. The largest absolute Gasteiger partial charge is 0.364 e. The third-order valence-electron chi connectivity index (χ3n) is 3.35. The molecule has 0 saturated carbocycles. The Kier molecular flexibility index (Phi) is 4.50. The number of likely N-dealkylation sites (N-methyl/N-ethyl adjacent to an activating group) is 1. The van der Waals surface area contributed by atoms with E-state index in [1.54, 1.807) is 17.0 Å². The maximum absolute atomic E-state index is 13.2. The molecule has 1 aliphatic heterocycles.